The van der Waals surface area contributed by atoms with Gasteiger partial charge in [-0.15, -0.1) is 0 Å². The maximum absolute atomic E-state index is 11.2. The number of alkyl carbamates (subject to hydrolysis) is 1. The zero-order valence-corrected chi connectivity index (χ0v) is 8.23. The van der Waals surface area contributed by atoms with Crippen LogP contribution in [0.2, 0.25) is 0 Å². The average Bonchev–Trinajstić information content (AvgIpc) is 2.57. The molecule has 1 N–H and O–H groups in total. The van der Waals surface area contributed by atoms with Gasteiger partial charge >= 0.3 is 6.09 Å². The fourth-order valence-electron chi connectivity index (χ4n) is 2.81. The highest BCUT2D eigenvalue weighted by Gasteiger charge is 2.59. The lowest BCUT2D eigenvalue weighted by atomic mass is 9.80. The Labute approximate surface area is 81.6 Å². The van der Waals surface area contributed by atoms with Gasteiger partial charge in [0.15, 0.2) is 0 Å². The van der Waals surface area contributed by atoms with E-state index in [4.69, 9.17) is 4.74 Å². The molecule has 2 saturated heterocycles. The summed E-state index contributed by atoms with van der Waals surface area (Å²) in [5.41, 5.74) is -0.125. The Hall–Kier alpha value is -0.380. The van der Waals surface area contributed by atoms with Crippen LogP contribution in [-0.2, 0) is 4.74 Å². The number of rotatable bonds is 0. The van der Waals surface area contributed by atoms with Gasteiger partial charge in [0, 0.05) is 11.0 Å². The summed E-state index contributed by atoms with van der Waals surface area (Å²) in [6.07, 6.45) is 4.59. The van der Waals surface area contributed by atoms with Crippen LogP contribution < -0.4 is 5.32 Å². The minimum absolute atomic E-state index is 0.125. The number of carbonyl (C=O) groups excluding carboxylic acids is 1. The Morgan fingerprint density at radius 1 is 1.54 bits per heavy atom. The van der Waals surface area contributed by atoms with Crippen LogP contribution in [0.15, 0.2) is 0 Å². The molecule has 1 saturated carbocycles. The quantitative estimate of drug-likeness (QED) is 0.643. The average molecular weight is 199 g/mol. The van der Waals surface area contributed by atoms with Crippen molar-refractivity contribution in [1.82, 2.24) is 5.32 Å². The number of nitrogens with one attached hydrogen (secondary N) is 1. The molecule has 0 unspecified atom stereocenters. The second-order valence-corrected chi connectivity index (χ2v) is 5.34. The molecule has 0 aromatic rings. The summed E-state index contributed by atoms with van der Waals surface area (Å²) in [5, 5.41) is 3.48. The van der Waals surface area contributed by atoms with Crippen molar-refractivity contribution in [1.29, 1.82) is 0 Å². The van der Waals surface area contributed by atoms with Gasteiger partial charge in [0.1, 0.15) is 5.60 Å². The molecule has 13 heavy (non-hydrogen) atoms. The minimum Gasteiger partial charge on any atom is -0.440 e. The molecule has 72 valence electrons. The number of hydrogen-bond acceptors (Lipinski definition) is 3. The van der Waals surface area contributed by atoms with E-state index in [9.17, 15) is 4.79 Å². The highest BCUT2D eigenvalue weighted by atomic mass is 32.2. The Morgan fingerprint density at radius 3 is 3.38 bits per heavy atom. The first-order valence-electron chi connectivity index (χ1n) is 4.92. The van der Waals surface area contributed by atoms with E-state index in [0.717, 1.165) is 12.2 Å². The van der Waals surface area contributed by atoms with Gasteiger partial charge in [-0.3, -0.25) is 0 Å². The molecule has 1 aliphatic carbocycles. The van der Waals surface area contributed by atoms with Crippen molar-refractivity contribution in [3.8, 4) is 0 Å². The van der Waals surface area contributed by atoms with E-state index in [1.165, 1.54) is 19.3 Å². The van der Waals surface area contributed by atoms with Gasteiger partial charge < -0.3 is 10.1 Å². The normalized spacial score (nSPS) is 47.8. The zero-order valence-electron chi connectivity index (χ0n) is 7.41. The molecule has 0 radical (unpaired) electrons. The lowest BCUT2D eigenvalue weighted by Crippen LogP contribution is -2.48. The Bertz CT molecular complexity index is 256. The van der Waals surface area contributed by atoms with E-state index in [2.05, 4.69) is 5.32 Å². The second-order valence-electron chi connectivity index (χ2n) is 4.11. The predicted octanol–water partition coefficient (Wildman–Crippen LogP) is 1.52. The number of thioether (sulfide) groups is 1. The number of hydrogen-bond donors (Lipinski definition) is 1. The first-order chi connectivity index (χ1) is 6.31. The lowest BCUT2D eigenvalue weighted by molar-refractivity contribution is 0.0206. The molecule has 1 spiro atoms. The van der Waals surface area contributed by atoms with E-state index < -0.39 is 0 Å². The molecule has 3 rings (SSSR count). The third-order valence-electron chi connectivity index (χ3n) is 3.46. The summed E-state index contributed by atoms with van der Waals surface area (Å²) in [4.78, 5) is 11.2. The third kappa shape index (κ3) is 0.951. The first-order valence-corrected chi connectivity index (χ1v) is 5.97. The van der Waals surface area contributed by atoms with E-state index in [1.807, 2.05) is 11.8 Å². The smallest absolute Gasteiger partial charge is 0.408 e. The molecule has 2 aliphatic heterocycles. The molecule has 1 amide bonds. The third-order valence-corrected chi connectivity index (χ3v) is 5.02. The predicted molar refractivity (Wildman–Crippen MR) is 50.8 cm³/mol. The summed E-state index contributed by atoms with van der Waals surface area (Å²) >= 11 is 1.97. The molecular weight excluding hydrogens is 186 g/mol. The minimum atomic E-state index is -0.197. The fourth-order valence-corrected chi connectivity index (χ4v) is 4.54. The maximum Gasteiger partial charge on any atom is 0.408 e. The van der Waals surface area contributed by atoms with Crippen molar-refractivity contribution in [3.63, 3.8) is 0 Å². The SMILES string of the molecule is O=C1N[C@H]2CS[C@H]3CCCC[C@]23O1. The van der Waals surface area contributed by atoms with Crippen LogP contribution in [0.5, 0.6) is 0 Å². The lowest BCUT2D eigenvalue weighted by Gasteiger charge is -2.35. The van der Waals surface area contributed by atoms with Gasteiger partial charge in [-0.25, -0.2) is 4.79 Å². The topological polar surface area (TPSA) is 38.3 Å². The van der Waals surface area contributed by atoms with E-state index in [-0.39, 0.29) is 17.7 Å². The highest BCUT2D eigenvalue weighted by Crippen LogP contribution is 2.49. The number of amides is 1. The Morgan fingerprint density at radius 2 is 2.46 bits per heavy atom. The van der Waals surface area contributed by atoms with Crippen molar-refractivity contribution in [2.75, 3.05) is 5.75 Å². The van der Waals surface area contributed by atoms with Gasteiger partial charge in [0.05, 0.1) is 6.04 Å². The summed E-state index contributed by atoms with van der Waals surface area (Å²) in [6, 6.07) is 0.287. The summed E-state index contributed by atoms with van der Waals surface area (Å²) in [6.45, 7) is 0. The maximum atomic E-state index is 11.2. The summed E-state index contributed by atoms with van der Waals surface area (Å²) in [5.74, 6) is 1.04. The first kappa shape index (κ1) is 7.97. The number of carbonyl (C=O) groups is 1. The number of ether oxygens (including phenoxy) is 1. The van der Waals surface area contributed by atoms with Crippen LogP contribution in [-0.4, -0.2) is 28.7 Å². The Balaban J connectivity index is 1.94. The van der Waals surface area contributed by atoms with E-state index in [1.54, 1.807) is 0 Å². The summed E-state index contributed by atoms with van der Waals surface area (Å²) < 4.78 is 5.51. The standard InChI is InChI=1S/C9H13NO2S/c11-8-10-6-5-13-7-3-1-2-4-9(6,7)12-8/h6-7H,1-5H2,(H,10,11)/t6-,7-,9-/m0/s1. The van der Waals surface area contributed by atoms with Crippen LogP contribution in [0.3, 0.4) is 0 Å². The van der Waals surface area contributed by atoms with Crippen molar-refractivity contribution in [3.05, 3.63) is 0 Å². The largest absolute Gasteiger partial charge is 0.440 e. The monoisotopic (exact) mass is 199 g/mol. The van der Waals surface area contributed by atoms with Gasteiger partial charge in [0.25, 0.3) is 0 Å². The van der Waals surface area contributed by atoms with Crippen LogP contribution >= 0.6 is 11.8 Å². The second kappa shape index (κ2) is 2.56. The van der Waals surface area contributed by atoms with Crippen LogP contribution in [0.1, 0.15) is 25.7 Å². The van der Waals surface area contributed by atoms with Gasteiger partial charge in [0.2, 0.25) is 0 Å². The van der Waals surface area contributed by atoms with Crippen LogP contribution in [0.4, 0.5) is 4.79 Å². The molecule has 0 bridgehead atoms. The molecule has 3 aliphatic rings. The van der Waals surface area contributed by atoms with Gasteiger partial charge in [-0.05, 0) is 19.3 Å². The van der Waals surface area contributed by atoms with Crippen LogP contribution in [0, 0.1) is 0 Å². The molecule has 3 atom stereocenters. The molecule has 3 nitrogen and oxygen atoms in total. The molecular formula is C9H13NO2S. The zero-order chi connectivity index (χ0) is 8.89. The highest BCUT2D eigenvalue weighted by molar-refractivity contribution is 8.00. The molecule has 4 heteroatoms. The van der Waals surface area contributed by atoms with Crippen molar-refractivity contribution < 1.29 is 9.53 Å². The molecule has 2 heterocycles. The van der Waals surface area contributed by atoms with Crippen LogP contribution in [0.25, 0.3) is 0 Å². The van der Waals surface area contributed by atoms with Crippen molar-refractivity contribution in [2.45, 2.75) is 42.6 Å². The van der Waals surface area contributed by atoms with Gasteiger partial charge in [-0.1, -0.05) is 6.42 Å². The van der Waals surface area contributed by atoms with Crippen molar-refractivity contribution >= 4 is 17.9 Å². The fraction of sp³-hybridized carbons (Fsp3) is 0.889. The van der Waals surface area contributed by atoms with Gasteiger partial charge in [-0.2, -0.15) is 11.8 Å². The van der Waals surface area contributed by atoms with Crippen molar-refractivity contribution in [2.24, 2.45) is 0 Å². The Kier molecular flexibility index (Phi) is 1.57. The molecule has 0 aromatic carbocycles. The van der Waals surface area contributed by atoms with E-state index in [0.29, 0.717) is 5.25 Å². The molecule has 3 fully saturated rings. The summed E-state index contributed by atoms with van der Waals surface area (Å²) in [7, 11) is 0. The molecule has 0 aromatic heterocycles. The van der Waals surface area contributed by atoms with E-state index >= 15 is 0 Å².